The molecule has 0 aliphatic carbocycles. The lowest BCUT2D eigenvalue weighted by molar-refractivity contribution is -0.315. The van der Waals surface area contributed by atoms with E-state index in [4.69, 9.17) is 46.3 Å². The van der Waals surface area contributed by atoms with Crippen LogP contribution in [0.15, 0.2) is 106 Å². The Bertz CT molecular complexity index is 2490. The molecule has 18 nitrogen and oxygen atoms in total. The first-order valence-electron chi connectivity index (χ1n) is 22.0. The predicted molar refractivity (Wildman–Crippen MR) is 256 cm³/mol. The van der Waals surface area contributed by atoms with Gasteiger partial charge < -0.3 is 43.0 Å². The van der Waals surface area contributed by atoms with Gasteiger partial charge in [0.1, 0.15) is 30.8 Å². The highest BCUT2D eigenvalue weighted by molar-refractivity contribution is 14.1. The molecule has 69 heavy (non-hydrogen) atoms. The van der Waals surface area contributed by atoms with Crippen molar-refractivity contribution in [1.82, 2.24) is 0 Å². The minimum Gasteiger partial charge on any atom is -0.492 e. The standard InChI is InChI=1S/C47H57IO18S3/c1-26(2)60-44(51)38-29(5)61-46(43(48)47(38,8)52)66-41-40(63-31(7)50)37(25-59-69(55,56)34-20-16-28(4)17-21-34)65-45(42(41)67-32-12-10-9-11-13-32)64-35-22-23-57-36(39(35)62-30(6)49)24-58-68(53,54)33-18-14-27(3)15-19-33/h9-23,26,29,35-43,45-46,52H,24-25H2,1-8H3/t29-,35+,36+,37+,38+,39-,40+,41-,42+,43-,45+,46-,47+/m0/s1. The Morgan fingerprint density at radius 2 is 1.29 bits per heavy atom. The van der Waals surface area contributed by atoms with Crippen LogP contribution in [0.4, 0.5) is 0 Å². The van der Waals surface area contributed by atoms with Gasteiger partial charge in [-0.3, -0.25) is 22.7 Å². The molecular formula is C47H57IO18S3. The van der Waals surface area contributed by atoms with Crippen LogP contribution in [0.1, 0.15) is 52.7 Å². The average molecular weight is 1130 g/mol. The van der Waals surface area contributed by atoms with Crippen molar-refractivity contribution in [3.05, 3.63) is 102 Å². The molecule has 0 aromatic heterocycles. The second-order valence-corrected chi connectivity index (χ2v) is 23.0. The first-order chi connectivity index (χ1) is 32.5. The second-order valence-electron chi connectivity index (χ2n) is 17.2. The van der Waals surface area contributed by atoms with Gasteiger partial charge in [-0.25, -0.2) is 0 Å². The number of thioether (sulfide) groups is 1. The molecule has 3 aromatic carbocycles. The Labute approximate surface area is 420 Å². The zero-order valence-corrected chi connectivity index (χ0v) is 43.7. The molecule has 1 N–H and O–H groups in total. The van der Waals surface area contributed by atoms with Crippen LogP contribution in [0.2, 0.25) is 0 Å². The lowest BCUT2D eigenvalue weighted by Gasteiger charge is -2.51. The first-order valence-corrected chi connectivity index (χ1v) is 26.9. The van der Waals surface area contributed by atoms with Crippen LogP contribution in [0, 0.1) is 19.8 Å². The van der Waals surface area contributed by atoms with Gasteiger partial charge in [-0.2, -0.15) is 16.8 Å². The van der Waals surface area contributed by atoms with Crippen molar-refractivity contribution in [3.8, 4) is 0 Å². The number of esters is 3. The fourth-order valence-corrected chi connectivity index (χ4v) is 11.7. The van der Waals surface area contributed by atoms with Crippen LogP contribution < -0.4 is 0 Å². The van der Waals surface area contributed by atoms with E-state index in [1.807, 2.05) is 22.6 Å². The van der Waals surface area contributed by atoms with Gasteiger partial charge in [-0.05, 0) is 84.0 Å². The van der Waals surface area contributed by atoms with Crippen LogP contribution in [0.25, 0.3) is 0 Å². The molecule has 378 valence electrons. The molecule has 0 radical (unpaired) electrons. The average Bonchev–Trinajstić information content (AvgIpc) is 3.26. The van der Waals surface area contributed by atoms with Crippen molar-refractivity contribution in [2.75, 3.05) is 13.2 Å². The molecule has 22 heteroatoms. The Morgan fingerprint density at radius 3 is 1.83 bits per heavy atom. The summed E-state index contributed by atoms with van der Waals surface area (Å²) in [5.74, 6) is -3.42. The van der Waals surface area contributed by atoms with E-state index in [2.05, 4.69) is 0 Å². The van der Waals surface area contributed by atoms with Crippen LogP contribution in [-0.2, 0) is 80.9 Å². The SMILES string of the molecule is CC(=O)O[C@H]1[C@H](O[C@@H]2O[C@@H](C)[C@H](C(=O)OC(C)C)[C@@](C)(O)[C@H]2I)[C@@H](Sc2ccccc2)[C@H](O[C@@H]2C=CO[C@H](COS(=O)(=O)c3ccc(C)cc3)[C@H]2OC(C)=O)O[C@@H]1COS(=O)(=O)c1ccc(C)cc1. The van der Waals surface area contributed by atoms with Gasteiger partial charge in [0.15, 0.2) is 30.9 Å². The Balaban J connectivity index is 1.41. The van der Waals surface area contributed by atoms with Crippen LogP contribution >= 0.6 is 34.4 Å². The van der Waals surface area contributed by atoms with Crippen molar-refractivity contribution in [1.29, 1.82) is 0 Å². The third-order valence-corrected chi connectivity index (χ3v) is 17.0. The van der Waals surface area contributed by atoms with Crippen molar-refractivity contribution in [2.24, 2.45) is 5.92 Å². The Morgan fingerprint density at radius 1 is 0.754 bits per heavy atom. The van der Waals surface area contributed by atoms with Crippen LogP contribution in [0.3, 0.4) is 0 Å². The van der Waals surface area contributed by atoms with Crippen molar-refractivity contribution in [2.45, 2.75) is 146 Å². The summed E-state index contributed by atoms with van der Waals surface area (Å²) in [5.41, 5.74) is -0.175. The minimum atomic E-state index is -4.46. The van der Waals surface area contributed by atoms with E-state index < -0.39 is 133 Å². The minimum absolute atomic E-state index is 0.115. The molecule has 3 aliphatic heterocycles. The molecule has 3 aliphatic rings. The number of aliphatic hydroxyl groups is 1. The summed E-state index contributed by atoms with van der Waals surface area (Å²) >= 11 is 3.09. The third-order valence-electron chi connectivity index (χ3n) is 11.3. The number of aryl methyl sites for hydroxylation is 2. The summed E-state index contributed by atoms with van der Waals surface area (Å²) in [4.78, 5) is 39.5. The number of alkyl halides is 1. The fourth-order valence-electron chi connectivity index (χ4n) is 7.89. The third kappa shape index (κ3) is 13.8. The molecule has 0 saturated carbocycles. The van der Waals surface area contributed by atoms with Gasteiger partial charge in [0.25, 0.3) is 20.2 Å². The number of halogens is 1. The maximum absolute atomic E-state index is 13.7. The molecule has 13 atom stereocenters. The van der Waals surface area contributed by atoms with Gasteiger partial charge in [-0.1, -0.05) is 76.2 Å². The summed E-state index contributed by atoms with van der Waals surface area (Å²) in [6.45, 7) is 10.9. The number of carbonyl (C=O) groups excluding carboxylic acids is 3. The normalized spacial score (nSPS) is 30.5. The maximum Gasteiger partial charge on any atom is 0.314 e. The van der Waals surface area contributed by atoms with E-state index in [1.54, 1.807) is 89.2 Å². The molecular weight excluding hydrogens is 1080 g/mol. The van der Waals surface area contributed by atoms with Crippen molar-refractivity contribution >= 4 is 72.5 Å². The van der Waals surface area contributed by atoms with Crippen LogP contribution in [0.5, 0.6) is 0 Å². The summed E-state index contributed by atoms with van der Waals surface area (Å²) in [6, 6.07) is 20.9. The van der Waals surface area contributed by atoms with Gasteiger partial charge >= 0.3 is 17.9 Å². The molecule has 6 rings (SSSR count). The highest BCUT2D eigenvalue weighted by atomic mass is 127. The number of rotatable bonds is 18. The molecule has 0 spiro atoms. The lowest BCUT2D eigenvalue weighted by atomic mass is 9.80. The Kier molecular flexibility index (Phi) is 18.4. The summed E-state index contributed by atoms with van der Waals surface area (Å²) in [5, 5.41) is 11.0. The monoisotopic (exact) mass is 1130 g/mol. The van der Waals surface area contributed by atoms with E-state index in [0.717, 1.165) is 25.0 Å². The van der Waals surface area contributed by atoms with E-state index in [-0.39, 0.29) is 9.79 Å². The molecule has 2 saturated heterocycles. The smallest absolute Gasteiger partial charge is 0.314 e. The Hall–Kier alpha value is -3.69. The fraction of sp³-hybridized carbons (Fsp3) is 0.511. The van der Waals surface area contributed by atoms with E-state index >= 15 is 0 Å². The topological polar surface area (TPSA) is 232 Å². The molecule has 3 heterocycles. The number of hydrogen-bond acceptors (Lipinski definition) is 19. The number of ether oxygens (including phenoxy) is 8. The van der Waals surface area contributed by atoms with Crippen molar-refractivity contribution in [3.63, 3.8) is 0 Å². The first kappa shape index (κ1) is 54.6. The molecule has 0 unspecified atom stereocenters. The molecule has 2 fully saturated rings. The summed E-state index contributed by atoms with van der Waals surface area (Å²) in [7, 11) is -8.79. The zero-order chi connectivity index (χ0) is 50.4. The van der Waals surface area contributed by atoms with E-state index in [9.17, 15) is 36.3 Å². The summed E-state index contributed by atoms with van der Waals surface area (Å²) < 4.78 is 114. The van der Waals surface area contributed by atoms with E-state index in [0.29, 0.717) is 4.90 Å². The quantitative estimate of drug-likeness (QED) is 0.0528. The molecule has 3 aromatic rings. The second kappa shape index (κ2) is 23.2. The molecule has 0 bridgehead atoms. The zero-order valence-electron chi connectivity index (χ0n) is 39.1. The van der Waals surface area contributed by atoms with Crippen molar-refractivity contribution < 1.29 is 82.6 Å². The highest BCUT2D eigenvalue weighted by Crippen LogP contribution is 2.45. The van der Waals surface area contributed by atoms with Crippen LogP contribution in [-0.4, -0.2) is 129 Å². The number of benzene rings is 3. The van der Waals surface area contributed by atoms with Gasteiger partial charge in [-0.15, -0.1) is 11.8 Å². The number of hydrogen-bond donors (Lipinski definition) is 1. The van der Waals surface area contributed by atoms with Gasteiger partial charge in [0.2, 0.25) is 0 Å². The van der Waals surface area contributed by atoms with E-state index in [1.165, 1.54) is 55.3 Å². The van der Waals surface area contributed by atoms with Gasteiger partial charge in [0, 0.05) is 18.7 Å². The molecule has 0 amide bonds. The maximum atomic E-state index is 13.7. The largest absolute Gasteiger partial charge is 0.492 e. The predicted octanol–water partition coefficient (Wildman–Crippen LogP) is 5.71. The van der Waals surface area contributed by atoms with Gasteiger partial charge in [0.05, 0.1) is 49.6 Å². The lowest BCUT2D eigenvalue weighted by Crippen LogP contribution is -2.66. The highest BCUT2D eigenvalue weighted by Gasteiger charge is 2.59. The summed E-state index contributed by atoms with van der Waals surface area (Å²) in [6.07, 6.45) is -9.84. The number of carbonyl (C=O) groups is 3.